The van der Waals surface area contributed by atoms with Crippen molar-refractivity contribution >= 4 is 39.4 Å². The van der Waals surface area contributed by atoms with Gasteiger partial charge in [-0.2, -0.15) is 0 Å². The molecule has 2 rings (SSSR count). The predicted octanol–water partition coefficient (Wildman–Crippen LogP) is 4.04. The number of amides is 1. The summed E-state index contributed by atoms with van der Waals surface area (Å²) in [6.45, 7) is 0.963. The molecule has 1 atom stereocenters. The number of esters is 1. The third kappa shape index (κ3) is 6.31. The highest BCUT2D eigenvalue weighted by molar-refractivity contribution is 9.10. The Hall–Kier alpha value is -2.12. The van der Waals surface area contributed by atoms with Crippen molar-refractivity contribution in [3.8, 4) is 5.75 Å². The highest BCUT2D eigenvalue weighted by Crippen LogP contribution is 2.27. The van der Waals surface area contributed by atoms with Crippen molar-refractivity contribution in [1.29, 1.82) is 0 Å². The van der Waals surface area contributed by atoms with Crippen molar-refractivity contribution in [2.45, 2.75) is 13.0 Å². The van der Waals surface area contributed by atoms with Gasteiger partial charge in [-0.1, -0.05) is 23.7 Å². The van der Waals surface area contributed by atoms with Gasteiger partial charge in [0.25, 0.3) is 5.91 Å². The largest absolute Gasteiger partial charge is 0.481 e. The van der Waals surface area contributed by atoms with E-state index in [0.29, 0.717) is 15.2 Å². The van der Waals surface area contributed by atoms with Crippen LogP contribution in [0, 0.1) is 5.82 Å². The topological polar surface area (TPSA) is 64.6 Å². The summed E-state index contributed by atoms with van der Waals surface area (Å²) in [5.74, 6) is -1.08. The first-order chi connectivity index (χ1) is 12.3. The molecule has 138 valence electrons. The lowest BCUT2D eigenvalue weighted by molar-refractivity contribution is -0.150. The van der Waals surface area contributed by atoms with Crippen molar-refractivity contribution in [2.75, 3.05) is 13.2 Å². The minimum Gasteiger partial charge on any atom is -0.481 e. The molecule has 2 aromatic carbocycles. The number of ether oxygens (including phenoxy) is 2. The van der Waals surface area contributed by atoms with Gasteiger partial charge < -0.3 is 14.8 Å². The summed E-state index contributed by atoms with van der Waals surface area (Å²) in [6, 6.07) is 10.3. The first-order valence-corrected chi connectivity index (χ1v) is 8.80. The Kier molecular flexibility index (Phi) is 7.41. The second-order valence-electron chi connectivity index (χ2n) is 5.36. The van der Waals surface area contributed by atoms with Crippen LogP contribution in [-0.2, 0) is 14.3 Å². The molecule has 0 aromatic heterocycles. The minimum atomic E-state index is -0.684. The van der Waals surface area contributed by atoms with E-state index in [1.54, 1.807) is 37.3 Å². The lowest BCUT2D eigenvalue weighted by atomic mass is 10.1. The highest BCUT2D eigenvalue weighted by atomic mass is 79.9. The zero-order chi connectivity index (χ0) is 19.1. The van der Waals surface area contributed by atoms with Crippen LogP contribution in [0.5, 0.6) is 5.75 Å². The van der Waals surface area contributed by atoms with Gasteiger partial charge in [0.05, 0.1) is 10.5 Å². The van der Waals surface area contributed by atoms with Crippen molar-refractivity contribution in [3.05, 3.63) is 63.3 Å². The predicted molar refractivity (Wildman–Crippen MR) is 98.6 cm³/mol. The number of benzene rings is 2. The quantitative estimate of drug-likeness (QED) is 0.655. The summed E-state index contributed by atoms with van der Waals surface area (Å²) in [5.41, 5.74) is 0.738. The molecule has 0 spiro atoms. The van der Waals surface area contributed by atoms with Crippen LogP contribution in [0.1, 0.15) is 18.5 Å². The summed E-state index contributed by atoms with van der Waals surface area (Å²) in [4.78, 5) is 23.5. The summed E-state index contributed by atoms with van der Waals surface area (Å²) >= 11 is 9.08. The molecule has 1 amide bonds. The normalized spacial score (nSPS) is 11.5. The van der Waals surface area contributed by atoms with E-state index in [0.717, 1.165) is 5.56 Å². The van der Waals surface area contributed by atoms with Gasteiger partial charge in [0.1, 0.15) is 11.6 Å². The van der Waals surface area contributed by atoms with Crippen molar-refractivity contribution in [1.82, 2.24) is 5.32 Å². The molecule has 8 heteroatoms. The van der Waals surface area contributed by atoms with E-state index in [9.17, 15) is 14.0 Å². The molecule has 2 aromatic rings. The van der Waals surface area contributed by atoms with Gasteiger partial charge in [-0.3, -0.25) is 4.79 Å². The highest BCUT2D eigenvalue weighted by Gasteiger charge is 2.13. The van der Waals surface area contributed by atoms with Crippen LogP contribution >= 0.6 is 27.5 Å². The summed E-state index contributed by atoms with van der Waals surface area (Å²) in [6.07, 6.45) is 0. The van der Waals surface area contributed by atoms with Crippen LogP contribution in [0.15, 0.2) is 46.9 Å². The molecule has 1 unspecified atom stereocenters. The monoisotopic (exact) mass is 443 g/mol. The van der Waals surface area contributed by atoms with Crippen molar-refractivity contribution in [2.24, 2.45) is 0 Å². The smallest absolute Gasteiger partial charge is 0.344 e. The van der Waals surface area contributed by atoms with Crippen molar-refractivity contribution < 1.29 is 23.5 Å². The molecule has 0 saturated carbocycles. The molecule has 0 bridgehead atoms. The summed E-state index contributed by atoms with van der Waals surface area (Å²) < 4.78 is 23.7. The molecular formula is C18H16BrClFNO4. The molecule has 26 heavy (non-hydrogen) atoms. The SMILES string of the molecule is CC(NC(=O)COC(=O)COc1ccc(Cl)cc1Br)c1ccc(F)cc1. The van der Waals surface area contributed by atoms with E-state index in [2.05, 4.69) is 21.2 Å². The van der Waals surface area contributed by atoms with Crippen LogP contribution in [0.2, 0.25) is 5.02 Å². The van der Waals surface area contributed by atoms with E-state index in [4.69, 9.17) is 21.1 Å². The molecule has 0 aliphatic heterocycles. The Morgan fingerprint density at radius 3 is 2.54 bits per heavy atom. The fraction of sp³-hybridized carbons (Fsp3) is 0.222. The van der Waals surface area contributed by atoms with E-state index < -0.39 is 18.5 Å². The molecule has 0 radical (unpaired) electrons. The Bertz CT molecular complexity index is 785. The van der Waals surface area contributed by atoms with Crippen LogP contribution in [0.25, 0.3) is 0 Å². The third-order valence-electron chi connectivity index (χ3n) is 3.35. The number of rotatable bonds is 7. The maximum atomic E-state index is 12.9. The van der Waals surface area contributed by atoms with Crippen LogP contribution < -0.4 is 10.1 Å². The summed E-state index contributed by atoms with van der Waals surface area (Å²) in [5, 5.41) is 3.19. The molecule has 0 heterocycles. The number of carbonyl (C=O) groups excluding carboxylic acids is 2. The van der Waals surface area contributed by atoms with Gasteiger partial charge in [-0.25, -0.2) is 9.18 Å². The third-order valence-corrected chi connectivity index (χ3v) is 4.21. The Balaban J connectivity index is 1.74. The average Bonchev–Trinajstić information content (AvgIpc) is 2.59. The molecular weight excluding hydrogens is 429 g/mol. The Morgan fingerprint density at radius 1 is 1.19 bits per heavy atom. The van der Waals surface area contributed by atoms with Crippen molar-refractivity contribution in [3.63, 3.8) is 0 Å². The maximum absolute atomic E-state index is 12.9. The van der Waals surface area contributed by atoms with Gasteiger partial charge in [0.2, 0.25) is 0 Å². The first kappa shape index (κ1) is 20.2. The van der Waals surface area contributed by atoms with E-state index in [1.807, 2.05) is 0 Å². The average molecular weight is 445 g/mol. The van der Waals surface area contributed by atoms with E-state index in [1.165, 1.54) is 12.1 Å². The Labute approximate surface area is 163 Å². The Morgan fingerprint density at radius 2 is 1.88 bits per heavy atom. The second-order valence-corrected chi connectivity index (χ2v) is 6.66. The molecule has 0 fully saturated rings. The standard InChI is InChI=1S/C18H16BrClFNO4/c1-11(12-2-5-14(21)6-3-12)22-17(23)9-26-18(24)10-25-16-7-4-13(20)8-15(16)19/h2-8,11H,9-10H2,1H3,(H,22,23). The fourth-order valence-corrected chi connectivity index (χ4v) is 2.83. The number of hydrogen-bond donors (Lipinski definition) is 1. The second kappa shape index (κ2) is 9.54. The zero-order valence-electron chi connectivity index (χ0n) is 13.8. The van der Waals surface area contributed by atoms with E-state index in [-0.39, 0.29) is 18.5 Å². The molecule has 0 aliphatic carbocycles. The molecule has 0 saturated heterocycles. The molecule has 5 nitrogen and oxygen atoms in total. The minimum absolute atomic E-state index is 0.344. The van der Waals surface area contributed by atoms with Gasteiger partial charge in [0.15, 0.2) is 13.2 Å². The first-order valence-electron chi connectivity index (χ1n) is 7.63. The van der Waals surface area contributed by atoms with E-state index >= 15 is 0 Å². The lowest BCUT2D eigenvalue weighted by Crippen LogP contribution is -2.31. The molecule has 1 N–H and O–H groups in total. The maximum Gasteiger partial charge on any atom is 0.344 e. The summed E-state index contributed by atoms with van der Waals surface area (Å²) in [7, 11) is 0. The number of carbonyl (C=O) groups is 2. The van der Waals surface area contributed by atoms with Gasteiger partial charge in [-0.15, -0.1) is 0 Å². The van der Waals surface area contributed by atoms with Gasteiger partial charge >= 0.3 is 5.97 Å². The number of hydrogen-bond acceptors (Lipinski definition) is 4. The van der Waals surface area contributed by atoms with Gasteiger partial charge in [0, 0.05) is 5.02 Å². The molecule has 0 aliphatic rings. The lowest BCUT2D eigenvalue weighted by Gasteiger charge is -2.14. The fourth-order valence-electron chi connectivity index (χ4n) is 2.03. The zero-order valence-corrected chi connectivity index (χ0v) is 16.1. The number of nitrogens with one attached hydrogen (secondary N) is 1. The van der Waals surface area contributed by atoms with Crippen LogP contribution in [0.3, 0.4) is 0 Å². The van der Waals surface area contributed by atoms with Crippen LogP contribution in [-0.4, -0.2) is 25.1 Å². The number of halogens is 3. The van der Waals surface area contributed by atoms with Gasteiger partial charge in [-0.05, 0) is 58.7 Å². The van der Waals surface area contributed by atoms with Crippen LogP contribution in [0.4, 0.5) is 4.39 Å².